The summed E-state index contributed by atoms with van der Waals surface area (Å²) in [7, 11) is -3.33. The largest absolute Gasteiger partial charge is 0.377 e. The van der Waals surface area contributed by atoms with Crippen molar-refractivity contribution in [2.24, 2.45) is 0 Å². The summed E-state index contributed by atoms with van der Waals surface area (Å²) >= 11 is 4.60. The molecule has 22 heavy (non-hydrogen) atoms. The highest BCUT2D eigenvalue weighted by molar-refractivity contribution is 9.11. The van der Waals surface area contributed by atoms with E-state index >= 15 is 0 Å². The van der Waals surface area contributed by atoms with E-state index in [0.29, 0.717) is 23.4 Å². The molecule has 0 unspecified atom stereocenters. The maximum absolute atomic E-state index is 12.6. The number of thiophene rings is 1. The highest BCUT2D eigenvalue weighted by atomic mass is 79.9. The van der Waals surface area contributed by atoms with Crippen LogP contribution in [0.3, 0.4) is 0 Å². The van der Waals surface area contributed by atoms with E-state index in [9.17, 15) is 8.42 Å². The Hall–Kier alpha value is 0.01000. The number of ether oxygens (including phenoxy) is 1. The van der Waals surface area contributed by atoms with Crippen LogP contribution in [-0.4, -0.2) is 63.1 Å². The Balaban J connectivity index is 1.55. The van der Waals surface area contributed by atoms with Crippen molar-refractivity contribution in [3.8, 4) is 0 Å². The smallest absolute Gasteiger partial charge is 0.252 e. The maximum Gasteiger partial charge on any atom is 0.252 e. The van der Waals surface area contributed by atoms with Gasteiger partial charge in [0.2, 0.25) is 0 Å². The molecule has 2 aliphatic heterocycles. The minimum absolute atomic E-state index is 0.324. The average molecular weight is 409 g/mol. The van der Waals surface area contributed by atoms with Gasteiger partial charge in [-0.25, -0.2) is 8.42 Å². The number of sulfonamides is 1. The Labute approximate surface area is 144 Å². The van der Waals surface area contributed by atoms with Crippen LogP contribution in [0.25, 0.3) is 0 Å². The van der Waals surface area contributed by atoms with Crippen molar-refractivity contribution in [1.82, 2.24) is 9.21 Å². The lowest BCUT2D eigenvalue weighted by Gasteiger charge is -2.36. The molecule has 124 valence electrons. The lowest BCUT2D eigenvalue weighted by molar-refractivity contribution is -0.0103. The van der Waals surface area contributed by atoms with Gasteiger partial charge in [-0.3, -0.25) is 4.90 Å². The highest BCUT2D eigenvalue weighted by Crippen LogP contribution is 2.29. The predicted molar refractivity (Wildman–Crippen MR) is 90.8 cm³/mol. The van der Waals surface area contributed by atoms with E-state index in [1.807, 2.05) is 0 Å². The van der Waals surface area contributed by atoms with Gasteiger partial charge in [-0.2, -0.15) is 4.31 Å². The second-order valence-corrected chi connectivity index (χ2v) is 10.4. The van der Waals surface area contributed by atoms with Gasteiger partial charge in [-0.15, -0.1) is 11.3 Å². The molecule has 0 radical (unpaired) electrons. The molecule has 0 N–H and O–H groups in total. The summed E-state index contributed by atoms with van der Waals surface area (Å²) in [5.74, 6) is 0. The minimum atomic E-state index is -3.33. The van der Waals surface area contributed by atoms with Crippen LogP contribution in [0.4, 0.5) is 0 Å². The Morgan fingerprint density at radius 3 is 2.59 bits per heavy atom. The number of nitrogens with zero attached hydrogens (tertiary/aromatic N) is 2. The first kappa shape index (κ1) is 16.9. The van der Waals surface area contributed by atoms with Gasteiger partial charge in [0.05, 0.1) is 9.89 Å². The summed E-state index contributed by atoms with van der Waals surface area (Å²) < 4.78 is 33.8. The molecule has 3 heterocycles. The molecule has 0 saturated carbocycles. The summed E-state index contributed by atoms with van der Waals surface area (Å²) in [5.41, 5.74) is 0. The van der Waals surface area contributed by atoms with Crippen LogP contribution in [0.15, 0.2) is 20.1 Å². The van der Waals surface area contributed by atoms with Gasteiger partial charge in [0.25, 0.3) is 10.0 Å². The van der Waals surface area contributed by atoms with Crippen LogP contribution >= 0.6 is 27.3 Å². The van der Waals surface area contributed by atoms with E-state index in [-0.39, 0.29) is 0 Å². The molecule has 1 aromatic heterocycles. The van der Waals surface area contributed by atoms with E-state index in [2.05, 4.69) is 20.8 Å². The fraction of sp³-hybridized carbons (Fsp3) is 0.714. The van der Waals surface area contributed by atoms with Crippen molar-refractivity contribution in [3.05, 3.63) is 15.9 Å². The zero-order chi connectivity index (χ0) is 15.6. The topological polar surface area (TPSA) is 49.9 Å². The van der Waals surface area contributed by atoms with Gasteiger partial charge in [-0.1, -0.05) is 0 Å². The maximum atomic E-state index is 12.6. The lowest BCUT2D eigenvalue weighted by atomic mass is 10.1. The molecule has 0 spiro atoms. The summed E-state index contributed by atoms with van der Waals surface area (Å²) in [6.45, 7) is 4.48. The lowest BCUT2D eigenvalue weighted by Crippen LogP contribution is -2.50. The number of hydrogen-bond donors (Lipinski definition) is 0. The second-order valence-electron chi connectivity index (χ2n) is 5.75. The Kier molecular flexibility index (Phi) is 5.57. The highest BCUT2D eigenvalue weighted by Gasteiger charge is 2.30. The number of rotatable bonds is 4. The molecule has 5 nitrogen and oxygen atoms in total. The quantitative estimate of drug-likeness (QED) is 0.767. The van der Waals surface area contributed by atoms with E-state index in [0.717, 1.165) is 36.4 Å². The third kappa shape index (κ3) is 3.91. The van der Waals surface area contributed by atoms with Gasteiger partial charge in [0.15, 0.2) is 0 Å². The number of halogens is 1. The third-order valence-electron chi connectivity index (χ3n) is 4.21. The Bertz CT molecular complexity index is 591. The molecule has 8 heteroatoms. The van der Waals surface area contributed by atoms with Crippen molar-refractivity contribution in [3.63, 3.8) is 0 Å². The molecule has 0 bridgehead atoms. The van der Waals surface area contributed by atoms with Crippen molar-refractivity contribution < 1.29 is 13.2 Å². The molecule has 0 amide bonds. The Morgan fingerprint density at radius 2 is 2.00 bits per heavy atom. The molecule has 2 fully saturated rings. The Morgan fingerprint density at radius 1 is 1.23 bits per heavy atom. The van der Waals surface area contributed by atoms with Crippen LogP contribution in [0, 0.1) is 0 Å². The predicted octanol–water partition coefficient (Wildman–Crippen LogP) is 2.39. The van der Waals surface area contributed by atoms with Crippen LogP contribution in [0.5, 0.6) is 0 Å². The summed E-state index contributed by atoms with van der Waals surface area (Å²) in [6.07, 6.45) is 3.86. The second kappa shape index (κ2) is 7.27. The molecular weight excluding hydrogens is 388 g/mol. The first-order chi connectivity index (χ1) is 10.6. The van der Waals surface area contributed by atoms with Gasteiger partial charge in [0, 0.05) is 39.3 Å². The molecule has 1 atom stereocenters. The average Bonchev–Trinajstić information content (AvgIpc) is 2.96. The first-order valence-corrected chi connectivity index (χ1v) is 10.7. The summed E-state index contributed by atoms with van der Waals surface area (Å²) in [6, 6.07) is 3.46. The minimum Gasteiger partial charge on any atom is -0.377 e. The number of piperazine rings is 1. The number of hydrogen-bond acceptors (Lipinski definition) is 5. The van der Waals surface area contributed by atoms with Crippen molar-refractivity contribution in [2.45, 2.75) is 29.6 Å². The van der Waals surface area contributed by atoms with E-state index in [1.165, 1.54) is 24.2 Å². The van der Waals surface area contributed by atoms with E-state index in [1.54, 1.807) is 16.4 Å². The third-order valence-corrected chi connectivity index (χ3v) is 8.20. The molecular formula is C14H21BrN2O3S2. The van der Waals surface area contributed by atoms with Gasteiger partial charge in [-0.05, 0) is 47.3 Å². The molecule has 3 rings (SSSR count). The molecule has 0 aromatic carbocycles. The SMILES string of the molecule is O=S(=O)(c1ccc(Br)s1)N1CCN(C[C@H]2CCCCO2)CC1. The van der Waals surface area contributed by atoms with Crippen molar-refractivity contribution >= 4 is 37.3 Å². The van der Waals surface area contributed by atoms with Gasteiger partial charge >= 0.3 is 0 Å². The van der Waals surface area contributed by atoms with Crippen LogP contribution in [-0.2, 0) is 14.8 Å². The fourth-order valence-electron chi connectivity index (χ4n) is 2.96. The van der Waals surface area contributed by atoms with Gasteiger partial charge < -0.3 is 4.74 Å². The normalized spacial score (nSPS) is 25.4. The van der Waals surface area contributed by atoms with Crippen molar-refractivity contribution in [1.29, 1.82) is 0 Å². The van der Waals surface area contributed by atoms with E-state index in [4.69, 9.17) is 4.74 Å². The van der Waals surface area contributed by atoms with Crippen molar-refractivity contribution in [2.75, 3.05) is 39.3 Å². The first-order valence-electron chi connectivity index (χ1n) is 7.65. The zero-order valence-electron chi connectivity index (χ0n) is 12.4. The molecule has 0 aliphatic carbocycles. The summed E-state index contributed by atoms with van der Waals surface area (Å²) in [4.78, 5) is 2.33. The summed E-state index contributed by atoms with van der Waals surface area (Å²) in [5, 5.41) is 0. The van der Waals surface area contributed by atoms with E-state index < -0.39 is 10.0 Å². The molecule has 2 aliphatic rings. The van der Waals surface area contributed by atoms with Crippen LogP contribution in [0.2, 0.25) is 0 Å². The standard InChI is InChI=1S/C14H21BrN2O3S2/c15-13-4-5-14(21-13)22(18,19)17-8-6-16(7-9-17)11-12-3-1-2-10-20-12/h4-5,12H,1-3,6-11H2/t12-/m1/s1. The van der Waals surface area contributed by atoms with Crippen LogP contribution in [0.1, 0.15) is 19.3 Å². The molecule has 2 saturated heterocycles. The van der Waals surface area contributed by atoms with Gasteiger partial charge in [0.1, 0.15) is 4.21 Å². The zero-order valence-corrected chi connectivity index (χ0v) is 15.6. The monoisotopic (exact) mass is 408 g/mol. The fourth-order valence-corrected chi connectivity index (χ4v) is 6.54. The van der Waals surface area contributed by atoms with Crippen LogP contribution < -0.4 is 0 Å². The molecule has 1 aromatic rings.